The molecule has 1 heterocycles. The molecule has 2 amide bonds. The third-order valence-corrected chi connectivity index (χ3v) is 5.42. The van der Waals surface area contributed by atoms with E-state index in [1.807, 2.05) is 4.90 Å². The summed E-state index contributed by atoms with van der Waals surface area (Å²) in [7, 11) is 0. The Hall–Kier alpha value is -1.99. The number of benzene rings is 1. The highest BCUT2D eigenvalue weighted by atomic mass is 19.1. The number of carbonyl (C=O) groups excluding carboxylic acids is 2. The van der Waals surface area contributed by atoms with E-state index in [0.717, 1.165) is 25.7 Å². The number of rotatable bonds is 6. The minimum absolute atomic E-state index is 0.00202. The van der Waals surface area contributed by atoms with Crippen molar-refractivity contribution in [3.63, 3.8) is 0 Å². The fraction of sp³-hybridized carbons (Fsp3) is 0.579. The zero-order valence-electron chi connectivity index (χ0n) is 14.8. The van der Waals surface area contributed by atoms with Crippen LogP contribution in [0.15, 0.2) is 24.3 Å². The number of hydrogen-bond donors (Lipinski definition) is 3. The fourth-order valence-electron chi connectivity index (χ4n) is 3.92. The van der Waals surface area contributed by atoms with Crippen molar-refractivity contribution in [2.75, 3.05) is 19.7 Å². The smallest absolute Gasteiger partial charge is 0.237 e. The first-order valence-corrected chi connectivity index (χ1v) is 9.20. The Morgan fingerprint density at radius 2 is 2.08 bits per heavy atom. The van der Waals surface area contributed by atoms with Gasteiger partial charge in [-0.3, -0.25) is 14.5 Å². The Kier molecular flexibility index (Phi) is 5.88. The maximum Gasteiger partial charge on any atom is 0.237 e. The molecule has 0 aromatic heterocycles. The number of hydrogen-bond acceptors (Lipinski definition) is 4. The van der Waals surface area contributed by atoms with Gasteiger partial charge in [0.15, 0.2) is 0 Å². The van der Waals surface area contributed by atoms with Crippen molar-refractivity contribution in [1.82, 2.24) is 15.5 Å². The topological polar surface area (TPSA) is 81.7 Å². The Balaban J connectivity index is 1.67. The highest BCUT2D eigenvalue weighted by Gasteiger charge is 2.37. The molecule has 1 saturated heterocycles. The lowest BCUT2D eigenvalue weighted by Crippen LogP contribution is -2.57. The second-order valence-electron chi connectivity index (χ2n) is 7.27. The molecule has 0 radical (unpaired) electrons. The van der Waals surface area contributed by atoms with Gasteiger partial charge in [0.05, 0.1) is 24.6 Å². The van der Waals surface area contributed by atoms with Crippen molar-refractivity contribution >= 4 is 11.8 Å². The molecule has 2 aliphatic rings. The molecule has 3 rings (SSSR count). The molecule has 0 unspecified atom stereocenters. The van der Waals surface area contributed by atoms with Crippen LogP contribution in [0.1, 0.15) is 37.7 Å². The summed E-state index contributed by atoms with van der Waals surface area (Å²) in [6.45, 7) is 1.23. The van der Waals surface area contributed by atoms with Crippen molar-refractivity contribution in [3.8, 4) is 0 Å². The quantitative estimate of drug-likeness (QED) is 0.703. The standard InChI is InChI=1S/C19H26FN3O3/c20-15-6-2-1-5-14(15)12-23-10-9-21-18(26)16(23)11-17(25)22-19(13-24)7-3-4-8-19/h1-2,5-6,16,24H,3-4,7-13H2,(H,21,26)(H,22,25)/t16-/m0/s1. The fourth-order valence-corrected chi connectivity index (χ4v) is 3.92. The van der Waals surface area contributed by atoms with Crippen molar-refractivity contribution < 1.29 is 19.1 Å². The number of nitrogens with one attached hydrogen (secondary N) is 2. The van der Waals surface area contributed by atoms with Crippen LogP contribution < -0.4 is 10.6 Å². The van der Waals surface area contributed by atoms with Gasteiger partial charge in [-0.2, -0.15) is 0 Å². The Morgan fingerprint density at radius 1 is 1.35 bits per heavy atom. The van der Waals surface area contributed by atoms with Gasteiger partial charge >= 0.3 is 0 Å². The summed E-state index contributed by atoms with van der Waals surface area (Å²) in [6.07, 6.45) is 3.46. The van der Waals surface area contributed by atoms with Crippen molar-refractivity contribution in [1.29, 1.82) is 0 Å². The molecule has 1 aliphatic heterocycles. The largest absolute Gasteiger partial charge is 0.394 e. The van der Waals surface area contributed by atoms with Crippen molar-refractivity contribution in [2.24, 2.45) is 0 Å². The number of carbonyl (C=O) groups is 2. The number of halogens is 1. The number of amides is 2. The Morgan fingerprint density at radius 3 is 2.77 bits per heavy atom. The summed E-state index contributed by atoms with van der Waals surface area (Å²) in [5.41, 5.74) is -0.0475. The van der Waals surface area contributed by atoms with Gasteiger partial charge in [-0.25, -0.2) is 4.39 Å². The molecular weight excluding hydrogens is 337 g/mol. The molecule has 2 fully saturated rings. The SMILES string of the molecule is O=C(C[C@H]1C(=O)NCCN1Cc1ccccc1F)NC1(CO)CCCC1. The van der Waals surface area contributed by atoms with E-state index in [2.05, 4.69) is 10.6 Å². The van der Waals surface area contributed by atoms with Gasteiger partial charge in [-0.15, -0.1) is 0 Å². The van der Waals surface area contributed by atoms with Crippen molar-refractivity contribution in [2.45, 2.75) is 50.2 Å². The van der Waals surface area contributed by atoms with E-state index in [9.17, 15) is 19.1 Å². The zero-order valence-corrected chi connectivity index (χ0v) is 14.8. The van der Waals surface area contributed by atoms with E-state index in [1.54, 1.807) is 18.2 Å². The van der Waals surface area contributed by atoms with Crippen LogP contribution in [0, 0.1) is 5.82 Å². The molecule has 7 heteroatoms. The summed E-state index contributed by atoms with van der Waals surface area (Å²) in [5, 5.41) is 15.4. The first kappa shape index (κ1) is 18.8. The molecule has 1 aliphatic carbocycles. The molecule has 1 saturated carbocycles. The monoisotopic (exact) mass is 363 g/mol. The van der Waals surface area contributed by atoms with Crippen LogP contribution in [0.5, 0.6) is 0 Å². The van der Waals surface area contributed by atoms with Crippen LogP contribution >= 0.6 is 0 Å². The summed E-state index contributed by atoms with van der Waals surface area (Å²) in [4.78, 5) is 26.7. The summed E-state index contributed by atoms with van der Waals surface area (Å²) in [5.74, 6) is -0.777. The maximum absolute atomic E-state index is 14.0. The second-order valence-corrected chi connectivity index (χ2v) is 7.27. The van der Waals surface area contributed by atoms with E-state index in [1.165, 1.54) is 6.07 Å². The first-order valence-electron chi connectivity index (χ1n) is 9.20. The molecule has 3 N–H and O–H groups in total. The normalized spacial score (nSPS) is 22.8. The first-order chi connectivity index (χ1) is 12.5. The average Bonchev–Trinajstić information content (AvgIpc) is 3.09. The third kappa shape index (κ3) is 4.22. The van der Waals surface area contributed by atoms with Crippen molar-refractivity contribution in [3.05, 3.63) is 35.6 Å². The van der Waals surface area contributed by atoms with E-state index >= 15 is 0 Å². The van der Waals surface area contributed by atoms with Gasteiger partial charge in [0.25, 0.3) is 0 Å². The highest BCUT2D eigenvalue weighted by Crippen LogP contribution is 2.29. The maximum atomic E-state index is 14.0. The molecular formula is C19H26FN3O3. The summed E-state index contributed by atoms with van der Waals surface area (Å²) >= 11 is 0. The number of piperazine rings is 1. The Bertz CT molecular complexity index is 661. The molecule has 142 valence electrons. The van der Waals surface area contributed by atoms with E-state index < -0.39 is 11.6 Å². The lowest BCUT2D eigenvalue weighted by molar-refractivity contribution is -0.135. The van der Waals surface area contributed by atoms with Crippen LogP contribution in [-0.2, 0) is 16.1 Å². The molecule has 1 atom stereocenters. The predicted octanol–water partition coefficient (Wildman–Crippen LogP) is 0.937. The molecule has 1 aromatic carbocycles. The lowest BCUT2D eigenvalue weighted by Gasteiger charge is -2.36. The number of aliphatic hydroxyl groups is 1. The lowest BCUT2D eigenvalue weighted by atomic mass is 9.97. The highest BCUT2D eigenvalue weighted by molar-refractivity contribution is 5.89. The minimum atomic E-state index is -0.638. The van der Waals surface area contributed by atoms with E-state index in [-0.39, 0.29) is 37.2 Å². The summed E-state index contributed by atoms with van der Waals surface area (Å²) in [6, 6.07) is 5.84. The molecule has 26 heavy (non-hydrogen) atoms. The average molecular weight is 363 g/mol. The van der Waals surface area contributed by atoms with Crippen LogP contribution in [0.25, 0.3) is 0 Å². The van der Waals surface area contributed by atoms with Crippen LogP contribution in [0.4, 0.5) is 4.39 Å². The van der Waals surface area contributed by atoms with E-state index in [4.69, 9.17) is 0 Å². The second kappa shape index (κ2) is 8.14. The van der Waals surface area contributed by atoms with E-state index in [0.29, 0.717) is 18.7 Å². The number of nitrogens with zero attached hydrogens (tertiary/aromatic N) is 1. The van der Waals surface area contributed by atoms with Crippen LogP contribution in [-0.4, -0.2) is 53.1 Å². The van der Waals surface area contributed by atoms with Crippen LogP contribution in [0.3, 0.4) is 0 Å². The van der Waals surface area contributed by atoms with Gasteiger partial charge in [-0.05, 0) is 18.9 Å². The minimum Gasteiger partial charge on any atom is -0.394 e. The zero-order chi connectivity index (χ0) is 18.6. The van der Waals surface area contributed by atoms with Gasteiger partial charge < -0.3 is 15.7 Å². The van der Waals surface area contributed by atoms with Gasteiger partial charge in [-0.1, -0.05) is 31.0 Å². The number of aliphatic hydroxyl groups excluding tert-OH is 1. The molecule has 6 nitrogen and oxygen atoms in total. The van der Waals surface area contributed by atoms with Gasteiger partial charge in [0.1, 0.15) is 5.82 Å². The molecule has 0 spiro atoms. The van der Waals surface area contributed by atoms with Gasteiger partial charge in [0, 0.05) is 25.2 Å². The predicted molar refractivity (Wildman–Crippen MR) is 94.7 cm³/mol. The third-order valence-electron chi connectivity index (χ3n) is 5.42. The molecule has 1 aromatic rings. The summed E-state index contributed by atoms with van der Waals surface area (Å²) < 4.78 is 14.0. The van der Waals surface area contributed by atoms with Crippen LogP contribution in [0.2, 0.25) is 0 Å². The van der Waals surface area contributed by atoms with Gasteiger partial charge in [0.2, 0.25) is 11.8 Å². The molecule has 0 bridgehead atoms. The Labute approximate surface area is 152 Å².